The minimum atomic E-state index is -4.01. The molecule has 1 N–H and O–H groups in total. The first-order valence-corrected chi connectivity index (χ1v) is 10.5. The second kappa shape index (κ2) is 9.36. The Morgan fingerprint density at radius 1 is 1.00 bits per heavy atom. The summed E-state index contributed by atoms with van der Waals surface area (Å²) in [5, 5.41) is 2.67. The average Bonchev–Trinajstić information content (AvgIpc) is 3.30. The van der Waals surface area contributed by atoms with Crippen LogP contribution in [0.4, 0.5) is 5.69 Å². The highest BCUT2D eigenvalue weighted by Gasteiger charge is 2.28. The molecular formula is C21H22N2O6S. The van der Waals surface area contributed by atoms with Crippen molar-refractivity contribution in [2.75, 3.05) is 25.1 Å². The highest BCUT2D eigenvalue weighted by atomic mass is 32.2. The Morgan fingerprint density at radius 2 is 1.73 bits per heavy atom. The molecule has 0 saturated heterocycles. The van der Waals surface area contributed by atoms with Gasteiger partial charge in [0.05, 0.1) is 37.6 Å². The maximum atomic E-state index is 13.3. The molecule has 0 bridgehead atoms. The predicted molar refractivity (Wildman–Crippen MR) is 111 cm³/mol. The highest BCUT2D eigenvalue weighted by molar-refractivity contribution is 7.92. The first kappa shape index (κ1) is 21.3. The van der Waals surface area contributed by atoms with E-state index in [-0.39, 0.29) is 17.1 Å². The third-order valence-corrected chi connectivity index (χ3v) is 6.10. The van der Waals surface area contributed by atoms with Crippen molar-refractivity contribution in [1.82, 2.24) is 5.32 Å². The van der Waals surface area contributed by atoms with Crippen LogP contribution in [0.25, 0.3) is 0 Å². The fourth-order valence-corrected chi connectivity index (χ4v) is 4.23. The van der Waals surface area contributed by atoms with E-state index in [0.29, 0.717) is 17.3 Å². The normalized spacial score (nSPS) is 11.0. The van der Waals surface area contributed by atoms with E-state index in [9.17, 15) is 13.2 Å². The van der Waals surface area contributed by atoms with Crippen LogP contribution >= 0.6 is 0 Å². The van der Waals surface area contributed by atoms with E-state index in [2.05, 4.69) is 5.32 Å². The molecule has 9 heteroatoms. The number of sulfonamides is 1. The molecular weight excluding hydrogens is 408 g/mol. The molecule has 3 aromatic rings. The van der Waals surface area contributed by atoms with Crippen LogP contribution in [0.3, 0.4) is 0 Å². The number of hydrogen-bond acceptors (Lipinski definition) is 6. The summed E-state index contributed by atoms with van der Waals surface area (Å²) in [7, 11) is -1.08. The Labute approximate surface area is 175 Å². The average molecular weight is 430 g/mol. The number of methoxy groups -OCH3 is 2. The highest BCUT2D eigenvalue weighted by Crippen LogP contribution is 2.33. The summed E-state index contributed by atoms with van der Waals surface area (Å²) >= 11 is 0. The van der Waals surface area contributed by atoms with Crippen molar-refractivity contribution < 1.29 is 27.1 Å². The fraction of sp³-hybridized carbons (Fsp3) is 0.190. The SMILES string of the molecule is COc1ccc(N(CC(=O)NCc2ccco2)S(=O)(=O)c2ccccc2)cc1OC. The summed E-state index contributed by atoms with van der Waals surface area (Å²) in [5.41, 5.74) is 0.268. The zero-order chi connectivity index (χ0) is 21.6. The minimum Gasteiger partial charge on any atom is -0.493 e. The van der Waals surface area contributed by atoms with E-state index in [1.165, 1.54) is 38.7 Å². The second-order valence-electron chi connectivity index (χ2n) is 6.22. The van der Waals surface area contributed by atoms with Crippen LogP contribution in [0.15, 0.2) is 76.2 Å². The topological polar surface area (TPSA) is 98.1 Å². The van der Waals surface area contributed by atoms with Crippen molar-refractivity contribution in [2.45, 2.75) is 11.4 Å². The summed E-state index contributed by atoms with van der Waals surface area (Å²) in [4.78, 5) is 12.6. The molecule has 158 valence electrons. The number of ether oxygens (including phenoxy) is 2. The van der Waals surface area contributed by atoms with Crippen LogP contribution in [-0.4, -0.2) is 35.1 Å². The molecule has 1 aromatic heterocycles. The molecule has 1 heterocycles. The number of nitrogens with one attached hydrogen (secondary N) is 1. The third kappa shape index (κ3) is 4.74. The lowest BCUT2D eigenvalue weighted by Gasteiger charge is -2.25. The van der Waals surface area contributed by atoms with Gasteiger partial charge in [0.25, 0.3) is 10.0 Å². The van der Waals surface area contributed by atoms with Crippen LogP contribution in [0, 0.1) is 0 Å². The number of carbonyl (C=O) groups excluding carboxylic acids is 1. The van der Waals surface area contributed by atoms with Gasteiger partial charge in [-0.1, -0.05) is 18.2 Å². The van der Waals surface area contributed by atoms with Gasteiger partial charge in [0, 0.05) is 6.07 Å². The summed E-state index contributed by atoms with van der Waals surface area (Å²) in [5.74, 6) is 0.868. The minimum absolute atomic E-state index is 0.0682. The molecule has 8 nitrogen and oxygen atoms in total. The third-order valence-electron chi connectivity index (χ3n) is 4.31. The first-order valence-electron chi connectivity index (χ1n) is 9.04. The summed E-state index contributed by atoms with van der Waals surface area (Å²) in [6.45, 7) is -0.273. The largest absolute Gasteiger partial charge is 0.493 e. The van der Waals surface area contributed by atoms with Crippen molar-refractivity contribution >= 4 is 21.6 Å². The molecule has 0 aliphatic rings. The Bertz CT molecular complexity index is 1080. The molecule has 0 aliphatic heterocycles. The van der Waals surface area contributed by atoms with Crippen molar-refractivity contribution in [3.05, 3.63) is 72.7 Å². The van der Waals surface area contributed by atoms with E-state index in [1.807, 2.05) is 0 Å². The molecule has 3 rings (SSSR count). The van der Waals surface area contributed by atoms with Crippen LogP contribution in [0.2, 0.25) is 0 Å². The van der Waals surface area contributed by atoms with Gasteiger partial charge in [-0.05, 0) is 36.4 Å². The monoisotopic (exact) mass is 430 g/mol. The molecule has 2 aromatic carbocycles. The molecule has 0 atom stereocenters. The summed E-state index contributed by atoms with van der Waals surface area (Å²) in [6.07, 6.45) is 1.50. The molecule has 1 amide bonds. The van der Waals surface area contributed by atoms with Crippen molar-refractivity contribution in [3.8, 4) is 11.5 Å². The quantitative estimate of drug-likeness (QED) is 0.561. The fourth-order valence-electron chi connectivity index (χ4n) is 2.80. The number of amides is 1. The zero-order valence-corrected chi connectivity index (χ0v) is 17.4. The Balaban J connectivity index is 1.93. The lowest BCUT2D eigenvalue weighted by atomic mass is 10.2. The van der Waals surface area contributed by atoms with Gasteiger partial charge >= 0.3 is 0 Å². The van der Waals surface area contributed by atoms with Gasteiger partial charge in [-0.25, -0.2) is 8.42 Å². The lowest BCUT2D eigenvalue weighted by molar-refractivity contribution is -0.119. The maximum absolute atomic E-state index is 13.3. The van der Waals surface area contributed by atoms with Crippen LogP contribution in [0.1, 0.15) is 5.76 Å². The van der Waals surface area contributed by atoms with Crippen molar-refractivity contribution in [3.63, 3.8) is 0 Å². The Hall–Kier alpha value is -3.46. The summed E-state index contributed by atoms with van der Waals surface area (Å²) in [6, 6.07) is 16.0. The smallest absolute Gasteiger partial charge is 0.264 e. The number of benzene rings is 2. The molecule has 0 saturated carbocycles. The molecule has 0 unspecified atom stereocenters. The zero-order valence-electron chi connectivity index (χ0n) is 16.6. The molecule has 0 spiro atoms. The van der Waals surface area contributed by atoms with Crippen LogP contribution in [-0.2, 0) is 21.4 Å². The van der Waals surface area contributed by atoms with Crippen molar-refractivity contribution in [1.29, 1.82) is 0 Å². The van der Waals surface area contributed by atoms with Gasteiger partial charge in [-0.2, -0.15) is 0 Å². The van der Waals surface area contributed by atoms with Gasteiger partial charge in [0.15, 0.2) is 11.5 Å². The van der Waals surface area contributed by atoms with Gasteiger partial charge in [0.2, 0.25) is 5.91 Å². The van der Waals surface area contributed by atoms with E-state index in [4.69, 9.17) is 13.9 Å². The number of rotatable bonds is 9. The van der Waals surface area contributed by atoms with Gasteiger partial charge < -0.3 is 19.2 Å². The van der Waals surface area contributed by atoms with E-state index in [1.54, 1.807) is 42.5 Å². The lowest BCUT2D eigenvalue weighted by Crippen LogP contribution is -2.40. The molecule has 30 heavy (non-hydrogen) atoms. The van der Waals surface area contributed by atoms with Crippen LogP contribution < -0.4 is 19.1 Å². The molecule has 0 aliphatic carbocycles. The van der Waals surface area contributed by atoms with Gasteiger partial charge in [-0.3, -0.25) is 9.10 Å². The first-order chi connectivity index (χ1) is 14.5. The number of nitrogens with zero attached hydrogens (tertiary/aromatic N) is 1. The number of furan rings is 1. The second-order valence-corrected chi connectivity index (χ2v) is 8.08. The maximum Gasteiger partial charge on any atom is 0.264 e. The number of carbonyl (C=O) groups is 1. The summed E-state index contributed by atoms with van der Waals surface area (Å²) < 4.78 is 43.3. The van der Waals surface area contributed by atoms with Gasteiger partial charge in [0.1, 0.15) is 12.3 Å². The van der Waals surface area contributed by atoms with Gasteiger partial charge in [-0.15, -0.1) is 0 Å². The molecule has 0 radical (unpaired) electrons. The van der Waals surface area contributed by atoms with E-state index in [0.717, 1.165) is 4.31 Å². The predicted octanol–water partition coefficient (Wildman–Crippen LogP) is 2.81. The van der Waals surface area contributed by atoms with Crippen LogP contribution in [0.5, 0.6) is 11.5 Å². The number of anilines is 1. The Morgan fingerprint density at radius 3 is 2.37 bits per heavy atom. The standard InChI is InChI=1S/C21H22N2O6S/c1-27-19-11-10-16(13-20(19)28-2)23(30(25,26)18-8-4-3-5-9-18)15-21(24)22-14-17-7-6-12-29-17/h3-13H,14-15H2,1-2H3,(H,22,24). The Kier molecular flexibility index (Phi) is 6.63. The number of hydrogen-bond donors (Lipinski definition) is 1. The van der Waals surface area contributed by atoms with E-state index < -0.39 is 22.5 Å². The molecule has 0 fully saturated rings. The van der Waals surface area contributed by atoms with E-state index >= 15 is 0 Å². The van der Waals surface area contributed by atoms with Crippen molar-refractivity contribution in [2.24, 2.45) is 0 Å².